The maximum atomic E-state index is 12.0. The van der Waals surface area contributed by atoms with E-state index in [-0.39, 0.29) is 17.1 Å². The van der Waals surface area contributed by atoms with Crippen LogP contribution in [0.5, 0.6) is 5.75 Å². The second kappa shape index (κ2) is 8.83. The van der Waals surface area contributed by atoms with Crippen molar-refractivity contribution in [2.45, 2.75) is 24.1 Å². The van der Waals surface area contributed by atoms with E-state index in [1.165, 1.54) is 24.9 Å². The Morgan fingerprint density at radius 1 is 1.25 bits per heavy atom. The molecule has 1 aromatic heterocycles. The molecule has 24 heavy (non-hydrogen) atoms. The predicted octanol–water partition coefficient (Wildman–Crippen LogP) is 2.64. The Morgan fingerprint density at radius 2 is 2.00 bits per heavy atom. The number of carbonyl (C=O) groups excluding carboxylic acids is 2. The number of hydrogen-bond donors (Lipinski definition) is 1. The van der Waals surface area contributed by atoms with Crippen LogP contribution < -0.4 is 10.2 Å². The van der Waals surface area contributed by atoms with Crippen LogP contribution >= 0.6 is 11.8 Å². The first kappa shape index (κ1) is 17.7. The summed E-state index contributed by atoms with van der Waals surface area (Å²) in [7, 11) is 0. The van der Waals surface area contributed by atoms with E-state index in [0.717, 1.165) is 10.6 Å². The number of esters is 1. The van der Waals surface area contributed by atoms with Crippen LogP contribution in [-0.4, -0.2) is 28.3 Å². The molecule has 1 atom stereocenters. The third kappa shape index (κ3) is 5.85. The lowest BCUT2D eigenvalue weighted by molar-refractivity contribution is -0.131. The molecule has 1 amide bonds. The highest BCUT2D eigenvalue weighted by atomic mass is 32.2. The lowest BCUT2D eigenvalue weighted by Crippen LogP contribution is -2.26. The van der Waals surface area contributed by atoms with E-state index in [1.807, 2.05) is 18.2 Å². The van der Waals surface area contributed by atoms with Gasteiger partial charge in [-0.1, -0.05) is 17.8 Å². The SMILES string of the molecule is CC(=O)Oc1ccc(/C=N/NC(=O)C(C)Sc2ccccn2)cc1. The van der Waals surface area contributed by atoms with Gasteiger partial charge in [0, 0.05) is 13.1 Å². The summed E-state index contributed by atoms with van der Waals surface area (Å²) in [6.45, 7) is 3.13. The van der Waals surface area contributed by atoms with Gasteiger partial charge in [-0.05, 0) is 48.9 Å². The van der Waals surface area contributed by atoms with Gasteiger partial charge < -0.3 is 4.74 Å². The second-order valence-electron chi connectivity index (χ2n) is 4.82. The Balaban J connectivity index is 1.84. The zero-order valence-corrected chi connectivity index (χ0v) is 14.1. The van der Waals surface area contributed by atoms with Crippen LogP contribution in [0.4, 0.5) is 0 Å². The number of ether oxygens (including phenoxy) is 1. The van der Waals surface area contributed by atoms with Crippen molar-refractivity contribution in [1.29, 1.82) is 0 Å². The second-order valence-corrected chi connectivity index (χ2v) is 6.19. The molecule has 1 aromatic carbocycles. The van der Waals surface area contributed by atoms with Crippen molar-refractivity contribution in [3.05, 3.63) is 54.2 Å². The van der Waals surface area contributed by atoms with E-state index in [1.54, 1.807) is 37.4 Å². The molecule has 0 aliphatic rings. The van der Waals surface area contributed by atoms with Gasteiger partial charge in [-0.2, -0.15) is 5.10 Å². The van der Waals surface area contributed by atoms with Crippen LogP contribution in [0.15, 0.2) is 58.8 Å². The van der Waals surface area contributed by atoms with Crippen molar-refractivity contribution < 1.29 is 14.3 Å². The molecule has 1 unspecified atom stereocenters. The maximum absolute atomic E-state index is 12.0. The minimum absolute atomic E-state index is 0.210. The molecular formula is C17H17N3O3S. The summed E-state index contributed by atoms with van der Waals surface area (Å²) < 4.78 is 4.94. The number of hydrazone groups is 1. The van der Waals surface area contributed by atoms with Gasteiger partial charge >= 0.3 is 5.97 Å². The Hall–Kier alpha value is -2.67. The lowest BCUT2D eigenvalue weighted by Gasteiger charge is -2.08. The summed E-state index contributed by atoms with van der Waals surface area (Å²) in [5.41, 5.74) is 3.27. The van der Waals surface area contributed by atoms with E-state index in [9.17, 15) is 9.59 Å². The number of carbonyl (C=O) groups is 2. The minimum Gasteiger partial charge on any atom is -0.427 e. The quantitative estimate of drug-likeness (QED) is 0.287. The van der Waals surface area contributed by atoms with E-state index in [4.69, 9.17) is 4.74 Å². The van der Waals surface area contributed by atoms with Gasteiger partial charge in [-0.25, -0.2) is 10.4 Å². The van der Waals surface area contributed by atoms with Crippen LogP contribution in [-0.2, 0) is 9.59 Å². The molecule has 0 radical (unpaired) electrons. The van der Waals surface area contributed by atoms with Crippen LogP contribution in [0.1, 0.15) is 19.4 Å². The molecule has 0 spiro atoms. The summed E-state index contributed by atoms with van der Waals surface area (Å²) in [6, 6.07) is 12.3. The molecule has 0 bridgehead atoms. The van der Waals surface area contributed by atoms with E-state index < -0.39 is 0 Å². The van der Waals surface area contributed by atoms with Crippen LogP contribution in [0.25, 0.3) is 0 Å². The average molecular weight is 343 g/mol. The standard InChI is InChI=1S/C17H17N3O3S/c1-12(24-16-5-3-4-10-18-16)17(22)20-19-11-14-6-8-15(9-7-14)23-13(2)21/h3-12H,1-2H3,(H,20,22)/b19-11+. The molecule has 0 saturated carbocycles. The van der Waals surface area contributed by atoms with Gasteiger partial charge in [0.2, 0.25) is 0 Å². The Labute approximate surface area is 144 Å². The normalized spacial score (nSPS) is 11.9. The Kier molecular flexibility index (Phi) is 6.51. The van der Waals surface area contributed by atoms with Crippen LogP contribution in [0.2, 0.25) is 0 Å². The van der Waals surface area contributed by atoms with Gasteiger partial charge in [0.15, 0.2) is 0 Å². The molecule has 124 valence electrons. The number of aromatic nitrogens is 1. The average Bonchev–Trinajstić information content (AvgIpc) is 2.56. The van der Waals surface area contributed by atoms with Crippen molar-refractivity contribution in [3.63, 3.8) is 0 Å². The number of amides is 1. The molecule has 0 aliphatic heterocycles. The van der Waals surface area contributed by atoms with Gasteiger partial charge in [-0.15, -0.1) is 0 Å². The molecular weight excluding hydrogens is 326 g/mol. The summed E-state index contributed by atoms with van der Waals surface area (Å²) in [6.07, 6.45) is 3.21. The van der Waals surface area contributed by atoms with Gasteiger partial charge in [0.05, 0.1) is 16.5 Å². The zero-order valence-electron chi connectivity index (χ0n) is 13.3. The molecule has 2 aromatic rings. The number of benzene rings is 1. The molecule has 1 heterocycles. The third-order valence-corrected chi connectivity index (χ3v) is 3.89. The van der Waals surface area contributed by atoms with Crippen molar-refractivity contribution in [2.24, 2.45) is 5.10 Å². The number of hydrogen-bond acceptors (Lipinski definition) is 6. The fourth-order valence-electron chi connectivity index (χ4n) is 1.70. The van der Waals surface area contributed by atoms with E-state index >= 15 is 0 Å². The van der Waals surface area contributed by atoms with Crippen molar-refractivity contribution in [1.82, 2.24) is 10.4 Å². The molecule has 7 heteroatoms. The Morgan fingerprint density at radius 3 is 2.62 bits per heavy atom. The van der Waals surface area contributed by atoms with Gasteiger partial charge in [0.25, 0.3) is 5.91 Å². The highest BCUT2D eigenvalue weighted by Gasteiger charge is 2.13. The summed E-state index contributed by atoms with van der Waals surface area (Å²) in [5.74, 6) is -0.120. The monoisotopic (exact) mass is 343 g/mol. The van der Waals surface area contributed by atoms with E-state index in [0.29, 0.717) is 5.75 Å². The molecule has 6 nitrogen and oxygen atoms in total. The molecule has 1 N–H and O–H groups in total. The summed E-state index contributed by atoms with van der Waals surface area (Å²) in [4.78, 5) is 27.0. The first-order valence-electron chi connectivity index (χ1n) is 7.23. The zero-order chi connectivity index (χ0) is 17.4. The van der Waals surface area contributed by atoms with Crippen molar-refractivity contribution in [3.8, 4) is 5.75 Å². The first-order valence-corrected chi connectivity index (χ1v) is 8.11. The van der Waals surface area contributed by atoms with Crippen LogP contribution in [0.3, 0.4) is 0 Å². The molecule has 0 fully saturated rings. The van der Waals surface area contributed by atoms with Gasteiger partial charge in [-0.3, -0.25) is 9.59 Å². The highest BCUT2D eigenvalue weighted by molar-refractivity contribution is 8.00. The highest BCUT2D eigenvalue weighted by Crippen LogP contribution is 2.20. The number of nitrogens with zero attached hydrogens (tertiary/aromatic N) is 2. The number of thioether (sulfide) groups is 1. The Bertz CT molecular complexity index is 718. The first-order chi connectivity index (χ1) is 11.5. The molecule has 0 aliphatic carbocycles. The summed E-state index contributed by atoms with van der Waals surface area (Å²) >= 11 is 1.36. The van der Waals surface area contributed by atoms with Crippen molar-refractivity contribution >= 4 is 29.9 Å². The topological polar surface area (TPSA) is 80.6 Å². The predicted molar refractivity (Wildman–Crippen MR) is 93.0 cm³/mol. The fourth-order valence-corrected chi connectivity index (χ4v) is 2.50. The smallest absolute Gasteiger partial charge is 0.308 e. The lowest BCUT2D eigenvalue weighted by atomic mass is 10.2. The van der Waals surface area contributed by atoms with Gasteiger partial charge in [0.1, 0.15) is 5.75 Å². The molecule has 2 rings (SSSR count). The summed E-state index contributed by atoms with van der Waals surface area (Å²) in [5, 5.41) is 4.40. The third-order valence-electron chi connectivity index (χ3n) is 2.83. The maximum Gasteiger partial charge on any atom is 0.308 e. The van der Waals surface area contributed by atoms with E-state index in [2.05, 4.69) is 15.5 Å². The van der Waals surface area contributed by atoms with Crippen LogP contribution in [0, 0.1) is 0 Å². The number of rotatable bonds is 6. The number of pyridine rings is 1. The molecule has 0 saturated heterocycles. The fraction of sp³-hybridized carbons (Fsp3) is 0.176. The van der Waals surface area contributed by atoms with Crippen molar-refractivity contribution in [2.75, 3.05) is 0 Å². The number of nitrogens with one attached hydrogen (secondary N) is 1. The minimum atomic E-state index is -0.372. The largest absolute Gasteiger partial charge is 0.427 e.